The van der Waals surface area contributed by atoms with Crippen LogP contribution in [0.15, 0.2) is 29.2 Å². The molecule has 1 aromatic carbocycles. The maximum Gasteiger partial charge on any atom is 0.466 e. The van der Waals surface area contributed by atoms with E-state index in [1.165, 1.54) is 18.2 Å². The summed E-state index contributed by atoms with van der Waals surface area (Å²) in [7, 11) is -8.80. The second kappa shape index (κ2) is 5.39. The first-order valence-corrected chi connectivity index (χ1v) is 6.62. The van der Waals surface area contributed by atoms with Crippen molar-refractivity contribution < 1.29 is 32.2 Å². The van der Waals surface area contributed by atoms with E-state index >= 15 is 0 Å². The normalized spacial score (nSPS) is 11.5. The standard InChI is InChI=1S/C6H7NO3S.H3O4P/c7-5-3-1-2-4-6(5)11(8,9)10;1-5(2,3)4/h1-4H,7H2,(H,8,9,10);(H3,1,2,3,4). The Hall–Kier alpha value is -0.960. The van der Waals surface area contributed by atoms with E-state index < -0.39 is 17.9 Å². The van der Waals surface area contributed by atoms with E-state index in [0.29, 0.717) is 0 Å². The van der Waals surface area contributed by atoms with Gasteiger partial charge in [-0.3, -0.25) is 4.55 Å². The van der Waals surface area contributed by atoms with Gasteiger partial charge in [0, 0.05) is 0 Å². The van der Waals surface area contributed by atoms with Crippen LogP contribution < -0.4 is 5.73 Å². The number of nitrogens with two attached hydrogens (primary N) is 1. The maximum atomic E-state index is 10.5. The molecule has 0 unspecified atom stereocenters. The summed E-state index contributed by atoms with van der Waals surface area (Å²) in [4.78, 5) is 21.3. The van der Waals surface area contributed by atoms with Gasteiger partial charge >= 0.3 is 7.82 Å². The Balaban J connectivity index is 0.000000385. The fourth-order valence-corrected chi connectivity index (χ4v) is 1.33. The molecule has 1 rings (SSSR count). The van der Waals surface area contributed by atoms with Crippen LogP contribution in [-0.4, -0.2) is 27.7 Å². The number of hydrogen-bond donors (Lipinski definition) is 5. The minimum atomic E-state index is -4.64. The quantitative estimate of drug-likeness (QED) is 0.262. The van der Waals surface area contributed by atoms with Crippen molar-refractivity contribution in [2.75, 3.05) is 5.73 Å². The molecule has 92 valence electrons. The summed E-state index contributed by atoms with van der Waals surface area (Å²) >= 11 is 0. The fraction of sp³-hybridized carbons (Fsp3) is 0. The SMILES string of the molecule is Nc1ccccc1S(=O)(=O)O.O=P(O)(O)O. The van der Waals surface area contributed by atoms with Gasteiger partial charge in [0.25, 0.3) is 10.1 Å². The average Bonchev–Trinajstić information content (AvgIpc) is 1.99. The Bertz CT molecular complexity index is 485. The number of anilines is 1. The van der Waals surface area contributed by atoms with Crippen LogP contribution in [0.4, 0.5) is 5.69 Å². The lowest BCUT2D eigenvalue weighted by atomic mass is 10.3. The van der Waals surface area contributed by atoms with Crippen LogP contribution in [0.5, 0.6) is 0 Å². The van der Waals surface area contributed by atoms with Gasteiger partial charge in [0.15, 0.2) is 0 Å². The first-order valence-electron chi connectivity index (χ1n) is 3.62. The van der Waals surface area contributed by atoms with E-state index in [-0.39, 0.29) is 10.6 Å². The predicted octanol–water partition coefficient (Wildman–Crippen LogP) is -0.413. The van der Waals surface area contributed by atoms with E-state index in [4.69, 9.17) is 29.5 Å². The van der Waals surface area contributed by atoms with Gasteiger partial charge in [0.05, 0.1) is 5.69 Å². The van der Waals surface area contributed by atoms with Gasteiger partial charge < -0.3 is 20.4 Å². The fourth-order valence-electron chi connectivity index (χ4n) is 0.715. The van der Waals surface area contributed by atoms with Crippen molar-refractivity contribution in [3.8, 4) is 0 Å². The van der Waals surface area contributed by atoms with Gasteiger partial charge in [-0.05, 0) is 12.1 Å². The summed E-state index contributed by atoms with van der Waals surface area (Å²) in [6.07, 6.45) is 0. The van der Waals surface area contributed by atoms with Crippen molar-refractivity contribution in [1.29, 1.82) is 0 Å². The van der Waals surface area contributed by atoms with Crippen LogP contribution >= 0.6 is 7.82 Å². The topological polar surface area (TPSA) is 158 Å². The molecule has 0 spiro atoms. The summed E-state index contributed by atoms with van der Waals surface area (Å²) in [5.74, 6) is 0. The molecule has 0 radical (unpaired) electrons. The van der Waals surface area contributed by atoms with Crippen LogP contribution in [0.3, 0.4) is 0 Å². The first-order chi connectivity index (χ1) is 7.02. The zero-order valence-corrected chi connectivity index (χ0v) is 9.47. The molecule has 0 aromatic heterocycles. The second-order valence-corrected chi connectivity index (χ2v) is 4.94. The summed E-state index contributed by atoms with van der Waals surface area (Å²) in [5, 5.41) is 0. The van der Waals surface area contributed by atoms with Crippen molar-refractivity contribution in [1.82, 2.24) is 0 Å². The summed E-state index contributed by atoms with van der Waals surface area (Å²) < 4.78 is 38.5. The Kier molecular flexibility index (Phi) is 5.07. The van der Waals surface area contributed by atoms with E-state index in [9.17, 15) is 8.42 Å². The number of benzene rings is 1. The predicted molar refractivity (Wildman–Crippen MR) is 54.9 cm³/mol. The highest BCUT2D eigenvalue weighted by molar-refractivity contribution is 7.86. The van der Waals surface area contributed by atoms with Gasteiger partial charge in [0.2, 0.25) is 0 Å². The van der Waals surface area contributed by atoms with Crippen LogP contribution in [0.1, 0.15) is 0 Å². The molecule has 0 bridgehead atoms. The Morgan fingerprint density at radius 3 is 1.75 bits per heavy atom. The third-order valence-electron chi connectivity index (χ3n) is 1.20. The van der Waals surface area contributed by atoms with Gasteiger partial charge in [-0.2, -0.15) is 8.42 Å². The number of phosphoric acid groups is 1. The highest BCUT2D eigenvalue weighted by atomic mass is 32.2. The molecule has 0 fully saturated rings. The van der Waals surface area contributed by atoms with E-state index in [0.717, 1.165) is 0 Å². The molecule has 0 aliphatic carbocycles. The number of para-hydroxylation sites is 1. The molecule has 16 heavy (non-hydrogen) atoms. The number of hydrogen-bond acceptors (Lipinski definition) is 4. The lowest BCUT2D eigenvalue weighted by molar-refractivity contribution is 0.275. The van der Waals surface area contributed by atoms with Crippen LogP contribution in [-0.2, 0) is 14.7 Å². The molecule has 0 aliphatic rings. The third kappa shape index (κ3) is 7.35. The van der Waals surface area contributed by atoms with Crippen molar-refractivity contribution in [2.45, 2.75) is 4.90 Å². The van der Waals surface area contributed by atoms with Gasteiger partial charge in [0.1, 0.15) is 4.90 Å². The molecule has 0 saturated carbocycles. The maximum absolute atomic E-state index is 10.5. The monoisotopic (exact) mass is 271 g/mol. The molecule has 10 heteroatoms. The lowest BCUT2D eigenvalue weighted by Gasteiger charge is -1.98. The second-order valence-electron chi connectivity index (χ2n) is 2.53. The van der Waals surface area contributed by atoms with Crippen LogP contribution in [0.2, 0.25) is 0 Å². The van der Waals surface area contributed by atoms with Crippen molar-refractivity contribution >= 4 is 23.6 Å². The molecule has 8 nitrogen and oxygen atoms in total. The molecule has 1 aromatic rings. The molecule has 0 amide bonds. The van der Waals surface area contributed by atoms with Crippen LogP contribution in [0.25, 0.3) is 0 Å². The zero-order valence-electron chi connectivity index (χ0n) is 7.76. The van der Waals surface area contributed by atoms with Crippen LogP contribution in [0, 0.1) is 0 Å². The minimum absolute atomic E-state index is 0.0509. The molecular weight excluding hydrogens is 261 g/mol. The van der Waals surface area contributed by atoms with Crippen molar-refractivity contribution in [2.24, 2.45) is 0 Å². The Morgan fingerprint density at radius 1 is 1.12 bits per heavy atom. The smallest absolute Gasteiger partial charge is 0.398 e. The molecular formula is C6H10NO7PS. The minimum Gasteiger partial charge on any atom is -0.398 e. The number of nitrogen functional groups attached to an aromatic ring is 1. The third-order valence-corrected chi connectivity index (χ3v) is 2.12. The van der Waals surface area contributed by atoms with Crippen molar-refractivity contribution in [3.63, 3.8) is 0 Å². The van der Waals surface area contributed by atoms with Crippen molar-refractivity contribution in [3.05, 3.63) is 24.3 Å². The van der Waals surface area contributed by atoms with E-state index in [2.05, 4.69) is 0 Å². The molecule has 0 aliphatic heterocycles. The highest BCUT2D eigenvalue weighted by Crippen LogP contribution is 2.25. The highest BCUT2D eigenvalue weighted by Gasteiger charge is 2.11. The largest absolute Gasteiger partial charge is 0.466 e. The van der Waals surface area contributed by atoms with E-state index in [1.807, 2.05) is 0 Å². The van der Waals surface area contributed by atoms with E-state index in [1.54, 1.807) is 6.07 Å². The Morgan fingerprint density at radius 2 is 1.50 bits per heavy atom. The average molecular weight is 271 g/mol. The summed E-state index contributed by atoms with van der Waals surface area (Å²) in [5.41, 5.74) is 5.32. The Labute approximate surface area is 91.3 Å². The molecule has 0 heterocycles. The zero-order chi connectivity index (χ0) is 13.0. The molecule has 6 N–H and O–H groups in total. The summed E-state index contributed by atoms with van der Waals surface area (Å²) in [6.45, 7) is 0. The number of rotatable bonds is 1. The first kappa shape index (κ1) is 15.0. The lowest BCUT2D eigenvalue weighted by Crippen LogP contribution is -2.01. The molecule has 0 atom stereocenters. The van der Waals surface area contributed by atoms with Gasteiger partial charge in [-0.25, -0.2) is 4.57 Å². The summed E-state index contributed by atoms with van der Waals surface area (Å²) in [6, 6.07) is 5.72. The van der Waals surface area contributed by atoms with Gasteiger partial charge in [-0.15, -0.1) is 0 Å². The van der Waals surface area contributed by atoms with Gasteiger partial charge in [-0.1, -0.05) is 12.1 Å². The molecule has 0 saturated heterocycles.